The highest BCUT2D eigenvalue weighted by atomic mass is 35.5. The molecule has 0 saturated carbocycles. The molecule has 1 aliphatic rings. The molecule has 0 radical (unpaired) electrons. The van der Waals surface area contributed by atoms with E-state index >= 15 is 0 Å². The monoisotopic (exact) mass is 416 g/mol. The quantitative estimate of drug-likeness (QED) is 0.648. The maximum absolute atomic E-state index is 12.2. The van der Waals surface area contributed by atoms with Crippen LogP contribution in [0.5, 0.6) is 5.75 Å². The van der Waals surface area contributed by atoms with Crippen molar-refractivity contribution in [3.05, 3.63) is 59.1 Å². The Morgan fingerprint density at radius 3 is 2.66 bits per heavy atom. The first-order chi connectivity index (χ1) is 13.9. The number of ether oxygens (including phenoxy) is 2. The second kappa shape index (κ2) is 9.43. The number of esters is 1. The second-order valence-electron chi connectivity index (χ2n) is 6.59. The van der Waals surface area contributed by atoms with E-state index < -0.39 is 5.97 Å². The Hall–Kier alpha value is -3.06. The molecule has 0 fully saturated rings. The lowest BCUT2D eigenvalue weighted by atomic mass is 10.2. The van der Waals surface area contributed by atoms with Gasteiger partial charge in [-0.1, -0.05) is 35.9 Å². The van der Waals surface area contributed by atoms with Crippen LogP contribution < -0.4 is 9.64 Å². The zero-order valence-corrected chi connectivity index (χ0v) is 16.7. The summed E-state index contributed by atoms with van der Waals surface area (Å²) in [5.74, 6) is -0.495. The number of carbonyl (C=O) groups is 3. The van der Waals surface area contributed by atoms with E-state index in [4.69, 9.17) is 21.1 Å². The van der Waals surface area contributed by atoms with Gasteiger partial charge in [-0.05, 0) is 29.8 Å². The SMILES string of the molecule is CN(Cc1ccc(Cl)cc1)C(=O)COC(=O)CCN1C(=O)COc2ccccc21. The van der Waals surface area contributed by atoms with Crippen molar-refractivity contribution in [3.8, 4) is 5.75 Å². The molecule has 3 rings (SSSR count). The molecule has 0 N–H and O–H groups in total. The number of hydrogen-bond acceptors (Lipinski definition) is 5. The minimum atomic E-state index is -0.546. The largest absolute Gasteiger partial charge is 0.482 e. The van der Waals surface area contributed by atoms with Crippen molar-refractivity contribution in [1.29, 1.82) is 0 Å². The average Bonchev–Trinajstić information content (AvgIpc) is 2.72. The third-order valence-corrected chi connectivity index (χ3v) is 4.72. The maximum Gasteiger partial charge on any atom is 0.308 e. The standard InChI is InChI=1S/C21H21ClN2O5/c1-23(12-15-6-8-16(22)9-7-15)19(25)13-29-21(27)10-11-24-17-4-2-3-5-18(17)28-14-20(24)26/h2-9H,10-14H2,1H3. The molecule has 29 heavy (non-hydrogen) atoms. The molecule has 0 saturated heterocycles. The van der Waals surface area contributed by atoms with E-state index in [2.05, 4.69) is 0 Å². The van der Waals surface area contributed by atoms with Gasteiger partial charge in [0.15, 0.2) is 13.2 Å². The average molecular weight is 417 g/mol. The summed E-state index contributed by atoms with van der Waals surface area (Å²) in [5.41, 5.74) is 1.54. The third-order valence-electron chi connectivity index (χ3n) is 4.46. The predicted molar refractivity (Wildman–Crippen MR) is 108 cm³/mol. The zero-order valence-electron chi connectivity index (χ0n) is 16.0. The first-order valence-corrected chi connectivity index (χ1v) is 9.48. The molecule has 152 valence electrons. The molecule has 0 aliphatic carbocycles. The molecule has 7 nitrogen and oxygen atoms in total. The lowest BCUT2D eigenvalue weighted by molar-refractivity contribution is -0.151. The van der Waals surface area contributed by atoms with Crippen molar-refractivity contribution in [2.45, 2.75) is 13.0 Å². The first-order valence-electron chi connectivity index (χ1n) is 9.10. The van der Waals surface area contributed by atoms with Gasteiger partial charge in [-0.2, -0.15) is 0 Å². The fourth-order valence-corrected chi connectivity index (χ4v) is 3.00. The van der Waals surface area contributed by atoms with Crippen molar-refractivity contribution in [3.63, 3.8) is 0 Å². The van der Waals surface area contributed by atoms with E-state index in [-0.39, 0.29) is 38.0 Å². The van der Waals surface area contributed by atoms with Gasteiger partial charge in [0.1, 0.15) is 5.75 Å². The summed E-state index contributed by atoms with van der Waals surface area (Å²) in [6.07, 6.45) is -0.0196. The van der Waals surface area contributed by atoms with Gasteiger partial charge in [0, 0.05) is 25.2 Å². The van der Waals surface area contributed by atoms with E-state index in [1.165, 1.54) is 9.80 Å². The second-order valence-corrected chi connectivity index (χ2v) is 7.03. The molecule has 2 aromatic carbocycles. The normalized spacial score (nSPS) is 12.8. The van der Waals surface area contributed by atoms with Crippen LogP contribution in [0.15, 0.2) is 48.5 Å². The summed E-state index contributed by atoms with van der Waals surface area (Å²) in [5, 5.41) is 0.623. The Labute approximate surface area is 173 Å². The van der Waals surface area contributed by atoms with Crippen LogP contribution in [0, 0.1) is 0 Å². The van der Waals surface area contributed by atoms with Gasteiger partial charge in [-0.25, -0.2) is 0 Å². The van der Waals surface area contributed by atoms with Crippen molar-refractivity contribution in [2.75, 3.05) is 31.7 Å². The van der Waals surface area contributed by atoms with Gasteiger partial charge < -0.3 is 19.3 Å². The zero-order chi connectivity index (χ0) is 20.8. The van der Waals surface area contributed by atoms with E-state index in [9.17, 15) is 14.4 Å². The first kappa shape index (κ1) is 20.7. The summed E-state index contributed by atoms with van der Waals surface area (Å²) in [6, 6.07) is 14.3. The topological polar surface area (TPSA) is 76.2 Å². The van der Waals surface area contributed by atoms with Crippen LogP contribution in [-0.2, 0) is 25.7 Å². The lowest BCUT2D eigenvalue weighted by Crippen LogP contribution is -2.40. The number of amides is 2. The molecule has 0 spiro atoms. The highest BCUT2D eigenvalue weighted by Gasteiger charge is 2.25. The third kappa shape index (κ3) is 5.48. The smallest absolute Gasteiger partial charge is 0.308 e. The van der Waals surface area contributed by atoms with Gasteiger partial charge >= 0.3 is 5.97 Å². The summed E-state index contributed by atoms with van der Waals surface area (Å²) >= 11 is 5.85. The fraction of sp³-hybridized carbons (Fsp3) is 0.286. The number of anilines is 1. The van der Waals surface area contributed by atoms with Gasteiger partial charge in [0.2, 0.25) is 0 Å². The summed E-state index contributed by atoms with van der Waals surface area (Å²) < 4.78 is 10.4. The van der Waals surface area contributed by atoms with E-state index in [1.807, 2.05) is 18.2 Å². The highest BCUT2D eigenvalue weighted by Crippen LogP contribution is 2.31. The van der Waals surface area contributed by atoms with Gasteiger partial charge in [0.25, 0.3) is 11.8 Å². The molecule has 0 aromatic heterocycles. The number of hydrogen-bond donors (Lipinski definition) is 0. The molecule has 2 aromatic rings. The van der Waals surface area contributed by atoms with Crippen molar-refractivity contribution < 1.29 is 23.9 Å². The molecule has 0 bridgehead atoms. The molecular formula is C21H21ClN2O5. The van der Waals surface area contributed by atoms with Gasteiger partial charge in [-0.15, -0.1) is 0 Å². The van der Waals surface area contributed by atoms with E-state index in [0.29, 0.717) is 23.0 Å². The Balaban J connectivity index is 1.45. The summed E-state index contributed by atoms with van der Waals surface area (Å²) in [7, 11) is 1.63. The summed E-state index contributed by atoms with van der Waals surface area (Å²) in [6.45, 7) is 0.121. The highest BCUT2D eigenvalue weighted by molar-refractivity contribution is 6.30. The molecule has 0 unspecified atom stereocenters. The number of rotatable bonds is 7. The number of likely N-dealkylation sites (N-methyl/N-ethyl adjacent to an activating group) is 1. The fourth-order valence-electron chi connectivity index (χ4n) is 2.88. The van der Waals surface area contributed by atoms with E-state index in [1.54, 1.807) is 37.4 Å². The number of carbonyl (C=O) groups excluding carboxylic acids is 3. The molecule has 8 heteroatoms. The van der Waals surface area contributed by atoms with Crippen LogP contribution in [0.3, 0.4) is 0 Å². The Morgan fingerprint density at radius 2 is 1.90 bits per heavy atom. The van der Waals surface area contributed by atoms with Crippen LogP contribution in [-0.4, -0.2) is 49.5 Å². The Bertz CT molecular complexity index is 900. The number of fused-ring (bicyclic) bond motifs is 1. The molecule has 1 heterocycles. The number of halogens is 1. The van der Waals surface area contributed by atoms with Crippen LogP contribution in [0.2, 0.25) is 5.02 Å². The van der Waals surface area contributed by atoms with E-state index in [0.717, 1.165) is 5.56 Å². The molecular weight excluding hydrogens is 396 g/mol. The van der Waals surface area contributed by atoms with Crippen molar-refractivity contribution >= 4 is 35.1 Å². The Morgan fingerprint density at radius 1 is 1.17 bits per heavy atom. The number of para-hydroxylation sites is 2. The van der Waals surface area contributed by atoms with Crippen molar-refractivity contribution in [2.24, 2.45) is 0 Å². The van der Waals surface area contributed by atoms with Crippen LogP contribution in [0.25, 0.3) is 0 Å². The predicted octanol–water partition coefficient (Wildman–Crippen LogP) is 2.66. The van der Waals surface area contributed by atoms with Crippen molar-refractivity contribution in [1.82, 2.24) is 4.90 Å². The summed E-state index contributed by atoms with van der Waals surface area (Å²) in [4.78, 5) is 39.3. The van der Waals surface area contributed by atoms with Crippen LogP contribution >= 0.6 is 11.6 Å². The lowest BCUT2D eigenvalue weighted by Gasteiger charge is -2.29. The van der Waals surface area contributed by atoms with Crippen LogP contribution in [0.4, 0.5) is 5.69 Å². The maximum atomic E-state index is 12.2. The molecule has 1 aliphatic heterocycles. The minimum absolute atomic E-state index is 0.0196. The molecule has 2 amide bonds. The number of benzene rings is 2. The minimum Gasteiger partial charge on any atom is -0.482 e. The molecule has 0 atom stereocenters. The Kier molecular flexibility index (Phi) is 6.72. The van der Waals surface area contributed by atoms with Crippen LogP contribution in [0.1, 0.15) is 12.0 Å². The van der Waals surface area contributed by atoms with Gasteiger partial charge in [-0.3, -0.25) is 14.4 Å². The van der Waals surface area contributed by atoms with Gasteiger partial charge in [0.05, 0.1) is 12.1 Å². The number of nitrogens with zero attached hydrogens (tertiary/aromatic N) is 2.